The maximum Gasteiger partial charge on any atom is 0.159 e. The normalized spacial score (nSPS) is 10.6. The van der Waals surface area contributed by atoms with E-state index in [2.05, 4.69) is 20.4 Å². The number of nitrogens with zero attached hydrogens (tertiary/aromatic N) is 4. The van der Waals surface area contributed by atoms with Crippen molar-refractivity contribution in [2.24, 2.45) is 0 Å². The molecule has 0 aliphatic heterocycles. The second kappa shape index (κ2) is 5.32. The van der Waals surface area contributed by atoms with Gasteiger partial charge in [-0.1, -0.05) is 0 Å². The second-order valence-corrected chi connectivity index (χ2v) is 4.73. The monoisotopic (exact) mass is 283 g/mol. The summed E-state index contributed by atoms with van der Waals surface area (Å²) < 4.78 is 14.6. The topological polar surface area (TPSA) is 55.6 Å². The summed E-state index contributed by atoms with van der Waals surface area (Å²) in [5, 5.41) is 7.50. The van der Waals surface area contributed by atoms with Gasteiger partial charge in [0, 0.05) is 17.4 Å². The summed E-state index contributed by atoms with van der Waals surface area (Å²) in [6.45, 7) is 3.90. The van der Waals surface area contributed by atoms with Gasteiger partial charge >= 0.3 is 0 Å². The van der Waals surface area contributed by atoms with Gasteiger partial charge in [-0.2, -0.15) is 5.10 Å². The highest BCUT2D eigenvalue weighted by atomic mass is 19.1. The molecule has 5 nitrogen and oxygen atoms in total. The molecular weight excluding hydrogens is 269 g/mol. The Bertz CT molecular complexity index is 764. The molecule has 3 aromatic rings. The fraction of sp³-hybridized carbons (Fsp3) is 0.133. The molecule has 0 unspecified atom stereocenters. The lowest BCUT2D eigenvalue weighted by molar-refractivity contribution is 0.628. The predicted molar refractivity (Wildman–Crippen MR) is 78.3 cm³/mol. The summed E-state index contributed by atoms with van der Waals surface area (Å²) >= 11 is 0. The lowest BCUT2D eigenvalue weighted by atomic mass is 10.3. The second-order valence-electron chi connectivity index (χ2n) is 4.73. The van der Waals surface area contributed by atoms with Gasteiger partial charge < -0.3 is 5.32 Å². The third-order valence-electron chi connectivity index (χ3n) is 3.00. The van der Waals surface area contributed by atoms with E-state index >= 15 is 0 Å². The summed E-state index contributed by atoms with van der Waals surface area (Å²) in [7, 11) is 0. The SMILES string of the molecule is Cc1cc(C)n(-c2cc(Nc3ccc(F)cc3)ncn2)n1. The summed E-state index contributed by atoms with van der Waals surface area (Å²) in [6, 6.07) is 9.87. The van der Waals surface area contributed by atoms with Gasteiger partial charge in [-0.3, -0.25) is 0 Å². The van der Waals surface area contributed by atoms with E-state index < -0.39 is 0 Å². The van der Waals surface area contributed by atoms with Crippen molar-refractivity contribution >= 4 is 11.5 Å². The maximum atomic E-state index is 12.9. The Hall–Kier alpha value is -2.76. The Balaban J connectivity index is 1.89. The Morgan fingerprint density at radius 1 is 1.05 bits per heavy atom. The van der Waals surface area contributed by atoms with Crippen LogP contribution in [0.1, 0.15) is 11.4 Å². The van der Waals surface area contributed by atoms with Crippen LogP contribution in [-0.2, 0) is 0 Å². The first kappa shape index (κ1) is 13.2. The number of hydrogen-bond donors (Lipinski definition) is 1. The zero-order chi connectivity index (χ0) is 14.8. The van der Waals surface area contributed by atoms with Gasteiger partial charge in [0.2, 0.25) is 0 Å². The lowest BCUT2D eigenvalue weighted by Gasteiger charge is -2.08. The van der Waals surface area contributed by atoms with E-state index in [0.717, 1.165) is 17.1 Å². The third kappa shape index (κ3) is 2.89. The highest BCUT2D eigenvalue weighted by Crippen LogP contribution is 2.17. The van der Waals surface area contributed by atoms with Crippen LogP contribution in [0.3, 0.4) is 0 Å². The molecule has 0 fully saturated rings. The number of aromatic nitrogens is 4. The molecule has 0 aliphatic carbocycles. The van der Waals surface area contributed by atoms with Crippen LogP contribution >= 0.6 is 0 Å². The van der Waals surface area contributed by atoms with Crippen LogP contribution in [0.15, 0.2) is 42.7 Å². The van der Waals surface area contributed by atoms with Crippen molar-refractivity contribution in [1.82, 2.24) is 19.7 Å². The number of halogens is 1. The molecule has 0 atom stereocenters. The van der Waals surface area contributed by atoms with Gasteiger partial charge in [-0.15, -0.1) is 0 Å². The van der Waals surface area contributed by atoms with Gasteiger partial charge in [-0.05, 0) is 44.2 Å². The van der Waals surface area contributed by atoms with Gasteiger partial charge in [0.25, 0.3) is 0 Å². The van der Waals surface area contributed by atoms with E-state index in [0.29, 0.717) is 11.6 Å². The standard InChI is InChI=1S/C15H14FN5/c1-10-7-11(2)21(20-10)15-8-14(17-9-18-15)19-13-5-3-12(16)4-6-13/h3-9H,1-2H3,(H,17,18,19). The van der Waals surface area contributed by atoms with Crippen molar-refractivity contribution < 1.29 is 4.39 Å². The molecule has 0 aliphatic rings. The Morgan fingerprint density at radius 3 is 2.48 bits per heavy atom. The first-order valence-corrected chi connectivity index (χ1v) is 6.50. The Morgan fingerprint density at radius 2 is 1.81 bits per heavy atom. The number of aryl methyl sites for hydroxylation is 2. The van der Waals surface area contributed by atoms with E-state index in [1.54, 1.807) is 22.9 Å². The minimum atomic E-state index is -0.272. The first-order chi connectivity index (χ1) is 10.1. The molecule has 2 heterocycles. The zero-order valence-corrected chi connectivity index (χ0v) is 11.7. The molecular formula is C15H14FN5. The smallest absolute Gasteiger partial charge is 0.159 e. The fourth-order valence-electron chi connectivity index (χ4n) is 2.07. The van der Waals surface area contributed by atoms with E-state index in [9.17, 15) is 4.39 Å². The van der Waals surface area contributed by atoms with E-state index in [1.165, 1.54) is 18.5 Å². The third-order valence-corrected chi connectivity index (χ3v) is 3.00. The highest BCUT2D eigenvalue weighted by Gasteiger charge is 2.06. The maximum absolute atomic E-state index is 12.9. The van der Waals surface area contributed by atoms with Crippen LogP contribution in [0.2, 0.25) is 0 Å². The predicted octanol–water partition coefficient (Wildman–Crippen LogP) is 3.16. The lowest BCUT2D eigenvalue weighted by Crippen LogP contribution is -2.04. The molecule has 0 saturated carbocycles. The van der Waals surface area contributed by atoms with Crippen molar-refractivity contribution in [1.29, 1.82) is 0 Å². The van der Waals surface area contributed by atoms with Crippen LogP contribution < -0.4 is 5.32 Å². The zero-order valence-electron chi connectivity index (χ0n) is 11.7. The average molecular weight is 283 g/mol. The van der Waals surface area contributed by atoms with Crippen molar-refractivity contribution in [3.05, 3.63) is 59.9 Å². The molecule has 1 aromatic carbocycles. The van der Waals surface area contributed by atoms with Crippen LogP contribution in [0, 0.1) is 19.7 Å². The van der Waals surface area contributed by atoms with Crippen molar-refractivity contribution in [3.8, 4) is 5.82 Å². The molecule has 0 saturated heterocycles. The number of hydrogen-bond acceptors (Lipinski definition) is 4. The summed E-state index contributed by atoms with van der Waals surface area (Å²) in [4.78, 5) is 8.39. The molecule has 2 aromatic heterocycles. The van der Waals surface area contributed by atoms with Gasteiger partial charge in [0.05, 0.1) is 5.69 Å². The Kier molecular flexibility index (Phi) is 3.35. The van der Waals surface area contributed by atoms with Crippen molar-refractivity contribution in [3.63, 3.8) is 0 Å². The first-order valence-electron chi connectivity index (χ1n) is 6.50. The van der Waals surface area contributed by atoms with Crippen LogP contribution in [0.5, 0.6) is 0 Å². The van der Waals surface area contributed by atoms with E-state index in [4.69, 9.17) is 0 Å². The van der Waals surface area contributed by atoms with E-state index in [-0.39, 0.29) is 5.82 Å². The van der Waals surface area contributed by atoms with Crippen LogP contribution in [-0.4, -0.2) is 19.7 Å². The average Bonchev–Trinajstić information content (AvgIpc) is 2.81. The number of anilines is 2. The summed E-state index contributed by atoms with van der Waals surface area (Å²) in [6.07, 6.45) is 1.47. The number of benzene rings is 1. The molecule has 0 spiro atoms. The van der Waals surface area contributed by atoms with E-state index in [1.807, 2.05) is 19.9 Å². The van der Waals surface area contributed by atoms with Crippen molar-refractivity contribution in [2.45, 2.75) is 13.8 Å². The molecule has 0 radical (unpaired) electrons. The Labute approximate surface area is 121 Å². The van der Waals surface area contributed by atoms with Gasteiger partial charge in [-0.25, -0.2) is 19.0 Å². The minimum Gasteiger partial charge on any atom is -0.340 e. The quantitative estimate of drug-likeness (QED) is 0.802. The number of nitrogens with one attached hydrogen (secondary N) is 1. The van der Waals surface area contributed by atoms with Gasteiger partial charge in [0.15, 0.2) is 5.82 Å². The van der Waals surface area contributed by atoms with Gasteiger partial charge in [0.1, 0.15) is 18.0 Å². The number of rotatable bonds is 3. The molecule has 0 bridgehead atoms. The fourth-order valence-corrected chi connectivity index (χ4v) is 2.07. The molecule has 21 heavy (non-hydrogen) atoms. The largest absolute Gasteiger partial charge is 0.340 e. The molecule has 0 amide bonds. The minimum absolute atomic E-state index is 0.272. The summed E-state index contributed by atoms with van der Waals surface area (Å²) in [5.74, 6) is 1.03. The summed E-state index contributed by atoms with van der Waals surface area (Å²) in [5.41, 5.74) is 2.69. The molecule has 3 rings (SSSR count). The van der Waals surface area contributed by atoms with Crippen LogP contribution in [0.4, 0.5) is 15.9 Å². The molecule has 1 N–H and O–H groups in total. The molecule has 106 valence electrons. The van der Waals surface area contributed by atoms with Crippen LogP contribution in [0.25, 0.3) is 5.82 Å². The molecule has 6 heteroatoms. The van der Waals surface area contributed by atoms with Crippen molar-refractivity contribution in [2.75, 3.05) is 5.32 Å². The highest BCUT2D eigenvalue weighted by molar-refractivity contribution is 5.57.